The van der Waals surface area contributed by atoms with Crippen LogP contribution in [-0.2, 0) is 54.3 Å². The van der Waals surface area contributed by atoms with Crippen LogP contribution in [0.15, 0.2) is 42.6 Å². The molecule has 0 aliphatic carbocycles. The van der Waals surface area contributed by atoms with Crippen LogP contribution in [-0.4, -0.2) is 193 Å². The summed E-state index contributed by atoms with van der Waals surface area (Å²) >= 11 is 0. The van der Waals surface area contributed by atoms with Crippen LogP contribution in [0.5, 0.6) is 0 Å². The number of imide groups is 1. The number of carbonyl (C=O) groups is 8. The molecule has 21 nitrogen and oxygen atoms in total. The maximum atomic E-state index is 14.7. The molecule has 9 amide bonds. The van der Waals surface area contributed by atoms with Crippen LogP contribution in [0.1, 0.15) is 99.5 Å². The van der Waals surface area contributed by atoms with Crippen LogP contribution in [0.25, 0.3) is 10.9 Å². The minimum atomic E-state index is -0.930. The van der Waals surface area contributed by atoms with E-state index in [2.05, 4.69) is 26.3 Å². The number of nitrogens with zero attached hydrogens (tertiary/aromatic N) is 5. The van der Waals surface area contributed by atoms with Crippen LogP contribution in [0, 0.1) is 23.7 Å². The van der Waals surface area contributed by atoms with Gasteiger partial charge in [-0.3, -0.25) is 48.2 Å². The zero-order chi connectivity index (χ0) is 56.0. The first-order valence-electron chi connectivity index (χ1n) is 27.1. The van der Waals surface area contributed by atoms with Crippen LogP contribution in [0.3, 0.4) is 0 Å². The van der Waals surface area contributed by atoms with Crippen molar-refractivity contribution >= 4 is 58.3 Å². The monoisotopic (exact) mass is 1060 g/mol. The molecule has 21 heteroatoms. The second kappa shape index (κ2) is 28.5. The van der Waals surface area contributed by atoms with Gasteiger partial charge in [0.05, 0.1) is 49.3 Å². The van der Waals surface area contributed by atoms with Crippen molar-refractivity contribution in [3.05, 3.63) is 48.2 Å². The Morgan fingerprint density at radius 3 is 2.17 bits per heavy atom. The summed E-state index contributed by atoms with van der Waals surface area (Å²) in [6, 6.07) is 3.33. The number of likely N-dealkylation sites (tertiary alicyclic amines) is 1. The summed E-state index contributed by atoms with van der Waals surface area (Å²) in [6.07, 6.45) is 6.51. The SMILES string of the molecule is CC[C@H](C)[C@@H]([C@@H](CC(=O)N1CCC[C@H]1[C@H](OC)[C@@H](C)C(=O)N[C@@H](Cc1c[nH]c2ccccc12)C(=O)N1CCCCO1)OC)N(C)C(=O)[C@@H](NC(=O)[C@H](C(C)C)N(C)C[C@H](C)NC(=O)NCCN1C(=O)C=CC1=O)C(C)C. The number of methoxy groups -OCH3 is 2. The molecule has 0 unspecified atom stereocenters. The number of amides is 9. The minimum Gasteiger partial charge on any atom is -0.379 e. The molecule has 5 rings (SSSR count). The molecule has 1 aromatic carbocycles. The Balaban J connectivity index is 1.24. The number of aromatic amines is 1. The Hall–Kier alpha value is -5.90. The van der Waals surface area contributed by atoms with E-state index in [4.69, 9.17) is 14.3 Å². The second-order valence-electron chi connectivity index (χ2n) is 21.5. The number of urea groups is 1. The molecule has 3 aliphatic heterocycles. The van der Waals surface area contributed by atoms with E-state index in [0.717, 1.165) is 34.2 Å². The summed E-state index contributed by atoms with van der Waals surface area (Å²) in [7, 11) is 6.53. The summed E-state index contributed by atoms with van der Waals surface area (Å²) in [6.45, 7) is 16.8. The molecule has 10 atom stereocenters. The molecule has 1 aromatic heterocycles. The van der Waals surface area contributed by atoms with E-state index < -0.39 is 72.2 Å². The molecule has 2 fully saturated rings. The van der Waals surface area contributed by atoms with Gasteiger partial charge in [0, 0.05) is 95.7 Å². The van der Waals surface area contributed by atoms with Crippen molar-refractivity contribution in [2.45, 2.75) is 149 Å². The fourth-order valence-electron chi connectivity index (χ4n) is 11.1. The first-order valence-corrected chi connectivity index (χ1v) is 27.1. The third-order valence-corrected chi connectivity index (χ3v) is 15.3. The number of benzene rings is 1. The summed E-state index contributed by atoms with van der Waals surface area (Å²) in [5.41, 5.74) is 1.80. The Labute approximate surface area is 448 Å². The van der Waals surface area contributed by atoms with Crippen molar-refractivity contribution in [3.63, 3.8) is 0 Å². The number of hydrogen-bond acceptors (Lipinski definition) is 12. The first kappa shape index (κ1) is 61.0. The van der Waals surface area contributed by atoms with E-state index in [9.17, 15) is 38.4 Å². The highest BCUT2D eigenvalue weighted by atomic mass is 16.7. The molecule has 2 saturated heterocycles. The van der Waals surface area contributed by atoms with E-state index in [-0.39, 0.29) is 79.8 Å². The van der Waals surface area contributed by atoms with E-state index in [1.165, 1.54) is 31.4 Å². The molecular formula is C55H86N10O11. The molecule has 0 spiro atoms. The summed E-state index contributed by atoms with van der Waals surface area (Å²) in [5.74, 6) is -3.88. The standard InChI is InChI=1S/C55H86N10O11/c1-13-35(6)49(62(10)54(72)47(33(2)3)60-52(70)48(34(4)5)61(9)32-36(7)58-55(73)56-24-27-64-44(66)22-23-45(64)67)43(74-11)30-46(68)63-25-18-21-42(63)50(75-12)37(8)51(69)59-41(53(71)65-26-16-17-28-76-65)29-38-31-57-40-20-15-14-19-39(38)40/h14-15,19-20,22-23,31,33-37,41-43,47-50,57H,13,16-18,21,24-30,32H2,1-12H3,(H,59,69)(H,60,70)(H2,56,58,73)/t35-,36-,37+,41-,42-,43+,47-,48-,49-,50+/m0/s1. The lowest BCUT2D eigenvalue weighted by atomic mass is 9.89. The van der Waals surface area contributed by atoms with Crippen molar-refractivity contribution in [2.24, 2.45) is 23.7 Å². The molecule has 0 saturated carbocycles. The van der Waals surface area contributed by atoms with Crippen LogP contribution in [0.2, 0.25) is 0 Å². The zero-order valence-corrected chi connectivity index (χ0v) is 46.9. The summed E-state index contributed by atoms with van der Waals surface area (Å²) in [4.78, 5) is 124. The predicted molar refractivity (Wildman–Crippen MR) is 287 cm³/mol. The Bertz CT molecular complexity index is 2330. The van der Waals surface area contributed by atoms with Crippen LogP contribution >= 0.6 is 0 Å². The number of H-pyrrole nitrogens is 1. The number of rotatable bonds is 27. The van der Waals surface area contributed by atoms with E-state index >= 15 is 0 Å². The average Bonchev–Trinajstić information content (AvgIpc) is 4.13. The highest BCUT2D eigenvalue weighted by Gasteiger charge is 2.44. The van der Waals surface area contributed by atoms with E-state index in [1.807, 2.05) is 76.9 Å². The molecule has 422 valence electrons. The van der Waals surface area contributed by atoms with E-state index in [1.54, 1.807) is 37.7 Å². The topological polar surface area (TPSA) is 244 Å². The normalized spacial score (nSPS) is 19.6. The number of para-hydroxylation sites is 1. The van der Waals surface area contributed by atoms with Crippen LogP contribution in [0.4, 0.5) is 4.79 Å². The number of ether oxygens (including phenoxy) is 2. The van der Waals surface area contributed by atoms with Gasteiger partial charge in [0.25, 0.3) is 17.7 Å². The van der Waals surface area contributed by atoms with Gasteiger partial charge in [-0.15, -0.1) is 0 Å². The predicted octanol–water partition coefficient (Wildman–Crippen LogP) is 3.38. The fraction of sp³-hybridized carbons (Fsp3) is 0.673. The number of fused-ring (bicyclic) bond motifs is 1. The molecule has 0 bridgehead atoms. The zero-order valence-electron chi connectivity index (χ0n) is 46.9. The first-order chi connectivity index (χ1) is 36.1. The number of hydrogen-bond donors (Lipinski definition) is 5. The molecule has 4 heterocycles. The summed E-state index contributed by atoms with van der Waals surface area (Å²) < 4.78 is 12.2. The lowest BCUT2D eigenvalue weighted by Gasteiger charge is -2.41. The van der Waals surface area contributed by atoms with Crippen molar-refractivity contribution in [3.8, 4) is 0 Å². The van der Waals surface area contributed by atoms with Gasteiger partial charge in [-0.05, 0) is 69.0 Å². The van der Waals surface area contributed by atoms with Gasteiger partial charge >= 0.3 is 6.03 Å². The van der Waals surface area contributed by atoms with Gasteiger partial charge < -0.3 is 45.5 Å². The molecule has 3 aliphatic rings. The molecule has 2 aromatic rings. The quantitative estimate of drug-likeness (QED) is 0.0810. The fourth-order valence-corrected chi connectivity index (χ4v) is 11.1. The molecule has 5 N–H and O–H groups in total. The van der Waals surface area contributed by atoms with Gasteiger partial charge in [-0.2, -0.15) is 0 Å². The minimum absolute atomic E-state index is 0.0314. The summed E-state index contributed by atoms with van der Waals surface area (Å²) in [5, 5.41) is 13.9. The number of nitrogens with one attached hydrogen (secondary N) is 5. The largest absolute Gasteiger partial charge is 0.379 e. The smallest absolute Gasteiger partial charge is 0.315 e. The van der Waals surface area contributed by atoms with Crippen molar-refractivity contribution in [1.29, 1.82) is 0 Å². The second-order valence-corrected chi connectivity index (χ2v) is 21.5. The lowest BCUT2D eigenvalue weighted by Crippen LogP contribution is -2.60. The Kier molecular flexibility index (Phi) is 22.8. The average molecular weight is 1060 g/mol. The number of hydroxylamine groups is 2. The Morgan fingerprint density at radius 1 is 0.855 bits per heavy atom. The van der Waals surface area contributed by atoms with Gasteiger partial charge in [0.2, 0.25) is 23.6 Å². The third kappa shape index (κ3) is 15.4. The van der Waals surface area contributed by atoms with Gasteiger partial charge in [0.1, 0.15) is 12.1 Å². The number of aromatic nitrogens is 1. The molecule has 76 heavy (non-hydrogen) atoms. The van der Waals surface area contributed by atoms with Crippen molar-refractivity contribution in [1.82, 2.24) is 50.9 Å². The highest BCUT2D eigenvalue weighted by Crippen LogP contribution is 2.30. The number of carbonyl (C=O) groups excluding carboxylic acids is 8. The maximum Gasteiger partial charge on any atom is 0.315 e. The van der Waals surface area contributed by atoms with Crippen LogP contribution < -0.4 is 21.3 Å². The number of likely N-dealkylation sites (N-methyl/N-ethyl adjacent to an activating group) is 2. The molecular weight excluding hydrogens is 977 g/mol. The third-order valence-electron chi connectivity index (χ3n) is 15.3. The Morgan fingerprint density at radius 2 is 1.55 bits per heavy atom. The van der Waals surface area contributed by atoms with Gasteiger partial charge in [-0.25, -0.2) is 9.86 Å². The van der Waals surface area contributed by atoms with E-state index in [0.29, 0.717) is 39.0 Å². The van der Waals surface area contributed by atoms with Crippen molar-refractivity contribution < 1.29 is 52.7 Å². The van der Waals surface area contributed by atoms with Crippen molar-refractivity contribution in [2.75, 3.05) is 67.6 Å². The molecule has 0 radical (unpaired) electrons. The highest BCUT2D eigenvalue weighted by molar-refractivity contribution is 6.12. The lowest BCUT2D eigenvalue weighted by molar-refractivity contribution is -0.199. The maximum absolute atomic E-state index is 14.7. The van der Waals surface area contributed by atoms with Gasteiger partial charge in [-0.1, -0.05) is 73.1 Å². The van der Waals surface area contributed by atoms with Gasteiger partial charge in [0.15, 0.2) is 0 Å².